The second kappa shape index (κ2) is 18.3. The number of primary amides is 2. The third kappa shape index (κ3) is 7.64. The molecule has 2 aromatic rings. The third-order valence-electron chi connectivity index (χ3n) is 19.0. The number of fused-ring (bicyclic) bond motifs is 2. The molecule has 13 nitrogen and oxygen atoms in total. The fraction of sp³-hybridized carbons (Fsp3) is 0.618. The molecule has 2 aliphatic heterocycles. The van der Waals surface area contributed by atoms with Gasteiger partial charge in [-0.3, -0.25) is 24.2 Å². The number of phenols is 2. The number of aliphatic hydroxyl groups is 2. The highest BCUT2D eigenvalue weighted by molar-refractivity contribution is 5.97. The van der Waals surface area contributed by atoms with Crippen LogP contribution in [0, 0.1) is 11.8 Å². The summed E-state index contributed by atoms with van der Waals surface area (Å²) in [4.78, 5) is 44.1. The zero-order valence-corrected chi connectivity index (χ0v) is 39.5. The summed E-state index contributed by atoms with van der Waals surface area (Å²) in [6.45, 7) is 3.83. The van der Waals surface area contributed by atoms with E-state index in [1.807, 2.05) is 38.4 Å². The van der Waals surface area contributed by atoms with Gasteiger partial charge in [-0.15, -0.1) is 0 Å². The van der Waals surface area contributed by atoms with Crippen LogP contribution in [-0.2, 0) is 28.5 Å². The first kappa shape index (κ1) is 48.5. The Balaban J connectivity index is 0.000000173. The molecule has 6 fully saturated rings. The van der Waals surface area contributed by atoms with E-state index < -0.39 is 33.8 Å². The predicted molar refractivity (Wildman–Crippen MR) is 263 cm³/mol. The number of likely N-dealkylation sites (N-methyl/N-ethyl adjacent to an activating group) is 1. The molecule has 2 unspecified atom stereocenters. The minimum absolute atomic E-state index is 0. The van der Waals surface area contributed by atoms with Crippen molar-refractivity contribution in [1.29, 1.82) is 0 Å². The summed E-state index contributed by atoms with van der Waals surface area (Å²) >= 11 is 0. The Kier molecular flexibility index (Phi) is 13.1. The van der Waals surface area contributed by atoms with Gasteiger partial charge in [-0.25, -0.2) is 0 Å². The number of nitrogens with two attached hydrogens (primary N) is 2. The Morgan fingerprint density at radius 1 is 0.765 bits per heavy atom. The molecule has 0 spiro atoms. The highest BCUT2D eigenvalue weighted by Gasteiger charge is 2.67. The number of hydrogen-bond acceptors (Lipinski definition) is 10. The van der Waals surface area contributed by atoms with Gasteiger partial charge in [0.05, 0.1) is 22.3 Å². The molecule has 4 saturated carbocycles. The average Bonchev–Trinajstić information content (AvgIpc) is 3.79. The number of hydrogen-bond donors (Lipinski definition) is 7. The van der Waals surface area contributed by atoms with Crippen molar-refractivity contribution in [3.05, 3.63) is 93.6 Å². The summed E-state index contributed by atoms with van der Waals surface area (Å²) in [6, 6.07) is 7.36. The van der Waals surface area contributed by atoms with Gasteiger partial charge in [-0.05, 0) is 163 Å². The molecule has 9 aliphatic rings. The van der Waals surface area contributed by atoms with Crippen LogP contribution in [0.4, 0.5) is 0 Å². The van der Waals surface area contributed by atoms with E-state index >= 15 is 0 Å². The Labute approximate surface area is 402 Å². The number of piperidine rings is 2. The topological polar surface area (TPSA) is 206 Å². The smallest absolute Gasteiger partial charge is 0.252 e. The lowest BCUT2D eigenvalue weighted by molar-refractivity contribution is -0.180. The van der Waals surface area contributed by atoms with E-state index in [0.717, 1.165) is 86.5 Å². The van der Waals surface area contributed by atoms with E-state index in [4.69, 9.17) is 11.5 Å². The number of amides is 3. The first-order chi connectivity index (χ1) is 32.1. The number of benzene rings is 2. The Bertz CT molecular complexity index is 2410. The zero-order valence-electron chi connectivity index (χ0n) is 39.5. The molecule has 13 heteroatoms. The maximum Gasteiger partial charge on any atom is 0.252 e. The van der Waals surface area contributed by atoms with Crippen molar-refractivity contribution in [3.8, 4) is 11.5 Å². The van der Waals surface area contributed by atoms with Crippen molar-refractivity contribution in [2.24, 2.45) is 23.3 Å². The minimum atomic E-state index is -1.05. The van der Waals surface area contributed by atoms with E-state index in [1.165, 1.54) is 38.5 Å². The van der Waals surface area contributed by atoms with Gasteiger partial charge in [0.15, 0.2) is 0 Å². The lowest BCUT2D eigenvalue weighted by Crippen LogP contribution is -2.74. The van der Waals surface area contributed by atoms with Crippen molar-refractivity contribution in [1.82, 2.24) is 20.0 Å². The van der Waals surface area contributed by atoms with Crippen LogP contribution in [0.1, 0.15) is 147 Å². The summed E-state index contributed by atoms with van der Waals surface area (Å²) in [5, 5.41) is 50.8. The monoisotopic (exact) mass is 933 g/mol. The van der Waals surface area contributed by atoms with Crippen LogP contribution >= 0.6 is 0 Å². The van der Waals surface area contributed by atoms with Crippen molar-refractivity contribution in [3.63, 3.8) is 0 Å². The second-order valence-corrected chi connectivity index (χ2v) is 22.0. The van der Waals surface area contributed by atoms with E-state index in [9.17, 15) is 34.8 Å². The van der Waals surface area contributed by atoms with Crippen molar-refractivity contribution in [2.75, 3.05) is 40.3 Å². The fourth-order valence-corrected chi connectivity index (χ4v) is 14.9. The molecule has 4 bridgehead atoms. The summed E-state index contributed by atoms with van der Waals surface area (Å²) in [5.74, 6) is 0.000235. The lowest BCUT2D eigenvalue weighted by Gasteiger charge is -2.65. The normalized spacial score (nSPS) is 33.8. The first-order valence-electron chi connectivity index (χ1n) is 25.3. The quantitative estimate of drug-likeness (QED) is 0.146. The largest absolute Gasteiger partial charge is 0.507 e. The number of nitrogens with zero attached hydrogens (tertiary/aromatic N) is 3. The number of aromatic hydroxyl groups is 2. The Hall–Kier alpha value is -4.53. The van der Waals surface area contributed by atoms with Crippen LogP contribution in [-0.4, -0.2) is 128 Å². The summed E-state index contributed by atoms with van der Waals surface area (Å²) in [7, 11) is 3.81. The number of likely N-dealkylation sites (tertiary alicyclic amines) is 2. The van der Waals surface area contributed by atoms with Gasteiger partial charge in [0, 0.05) is 72.3 Å². The second-order valence-electron chi connectivity index (χ2n) is 22.0. The average molecular weight is 933 g/mol. The van der Waals surface area contributed by atoms with Crippen LogP contribution in [0.5, 0.6) is 11.5 Å². The molecule has 0 aromatic heterocycles. The van der Waals surface area contributed by atoms with Gasteiger partial charge in [0.1, 0.15) is 11.5 Å². The molecular weight excluding hydrogens is 857 g/mol. The number of allylic oxidation sites excluding steroid dienone is 5. The van der Waals surface area contributed by atoms with E-state index in [1.54, 1.807) is 23.1 Å². The van der Waals surface area contributed by atoms with Crippen molar-refractivity contribution < 1.29 is 34.8 Å². The van der Waals surface area contributed by atoms with Gasteiger partial charge in [0.2, 0.25) is 5.91 Å². The van der Waals surface area contributed by atoms with Crippen LogP contribution in [0.2, 0.25) is 0 Å². The van der Waals surface area contributed by atoms with Crippen LogP contribution in [0.15, 0.2) is 60.2 Å². The molecule has 3 amide bonds. The van der Waals surface area contributed by atoms with Crippen LogP contribution in [0.3, 0.4) is 0 Å². The zero-order chi connectivity index (χ0) is 47.0. The summed E-state index contributed by atoms with van der Waals surface area (Å²) < 4.78 is 0. The molecule has 7 aliphatic carbocycles. The summed E-state index contributed by atoms with van der Waals surface area (Å²) in [5.41, 5.74) is 12.8. The molecular formula is C55H76N6O7. The van der Waals surface area contributed by atoms with Gasteiger partial charge in [-0.2, -0.15) is 0 Å². The number of carbonyl (C=O) groups excluding carboxylic acids is 3. The van der Waals surface area contributed by atoms with E-state index in [0.29, 0.717) is 50.0 Å². The van der Waals surface area contributed by atoms with Crippen molar-refractivity contribution in [2.45, 2.75) is 163 Å². The fourth-order valence-electron chi connectivity index (χ4n) is 14.9. The molecule has 9 N–H and O–H groups in total. The van der Waals surface area contributed by atoms with Gasteiger partial charge in [-0.1, -0.05) is 50.6 Å². The highest BCUT2D eigenvalue weighted by atomic mass is 16.3. The number of carbonyl (C=O) groups is 3. The molecule has 2 heterocycles. The SMILES string of the molecule is C.CN(C(=O)/C=C/C1=CCC=C1)C1CC[C@@]2(O)[C@H]3Cc4ccc(C(N)=O)c(O)c4[C@@]2(CCN3CC2CCC2)C1.CNC1CC[C@@]2(O)[C@H]3Cc4ccc(C(N)=O)c(O)c4[C@@]2(CCN3CC2CCC2)C1. The molecule has 0 radical (unpaired) electrons. The molecule has 68 heavy (non-hydrogen) atoms. The van der Waals surface area contributed by atoms with E-state index in [-0.39, 0.29) is 60.1 Å². The number of nitrogens with one attached hydrogen (secondary N) is 1. The Morgan fingerprint density at radius 3 is 1.74 bits per heavy atom. The minimum Gasteiger partial charge on any atom is -0.507 e. The van der Waals surface area contributed by atoms with Gasteiger partial charge in [0.25, 0.3) is 11.8 Å². The van der Waals surface area contributed by atoms with E-state index in [2.05, 4.69) is 27.3 Å². The highest BCUT2D eigenvalue weighted by Crippen LogP contribution is 2.62. The molecule has 2 saturated heterocycles. The third-order valence-corrected chi connectivity index (χ3v) is 19.0. The predicted octanol–water partition coefficient (Wildman–Crippen LogP) is 5.64. The maximum atomic E-state index is 13.2. The maximum absolute atomic E-state index is 13.2. The molecule has 2 aromatic carbocycles. The van der Waals surface area contributed by atoms with Gasteiger partial charge < -0.3 is 42.1 Å². The lowest BCUT2D eigenvalue weighted by atomic mass is 9.48. The first-order valence-corrected chi connectivity index (χ1v) is 25.3. The Morgan fingerprint density at radius 2 is 1.28 bits per heavy atom. The standard InChI is InChI=1S/C31H39N3O4.C23H33N3O3.CH4/c1-33(26(35)12-9-20-5-2-3-6-20)23-13-14-31(38)25-17-22-10-11-24(29(32)37)28(36)27(22)30(31,18-23)15-16-34(25)19-21-7-4-8-21;1-25-16-7-8-23(29)18-11-15-5-6-17(21(24)28)20(27)19(15)22(23,12-16)9-10-26(18)13-14-3-2-4-14;/h2,5-6,9-12,21,23,25,36,38H,3-4,7-8,13-19H2,1H3,(H2,32,37);5-6,14,16,18,25,27,29H,2-4,7-13H2,1H3,(H2,24,28);1H4/b12-9+;;/t23?,25-,30-,31-;16?,18-,22-,23-;/m11./s1. The van der Waals surface area contributed by atoms with Crippen LogP contribution < -0.4 is 16.8 Å². The molecule has 368 valence electrons. The van der Waals surface area contributed by atoms with Gasteiger partial charge >= 0.3 is 0 Å². The molecule has 11 rings (SSSR count). The van der Waals surface area contributed by atoms with Crippen LogP contribution in [0.25, 0.3) is 0 Å². The summed E-state index contributed by atoms with van der Waals surface area (Å²) in [6.07, 6.45) is 25.3. The number of rotatable bonds is 10. The molecule has 8 atom stereocenters. The van der Waals surface area contributed by atoms with Crippen molar-refractivity contribution >= 4 is 17.7 Å².